The molecule has 0 aliphatic heterocycles. The maximum atomic E-state index is 11.1. The van der Waals surface area contributed by atoms with Crippen LogP contribution in [-0.2, 0) is 9.05 Å². The van der Waals surface area contributed by atoms with Crippen molar-refractivity contribution in [1.29, 1.82) is 0 Å². The van der Waals surface area contributed by atoms with E-state index in [0.29, 0.717) is 0 Å². The highest BCUT2D eigenvalue weighted by molar-refractivity contribution is 8.13. The van der Waals surface area contributed by atoms with E-state index in [1.54, 1.807) is 0 Å². The smallest absolute Gasteiger partial charge is 0.322 e. The first-order valence-corrected chi connectivity index (χ1v) is 6.39. The molecule has 9 heteroatoms. The number of hydrogen-bond donors (Lipinski definition) is 0. The first-order valence-electron chi connectivity index (χ1n) is 4.08. The van der Waals surface area contributed by atoms with Crippen molar-refractivity contribution in [2.45, 2.75) is 4.90 Å². The van der Waals surface area contributed by atoms with Gasteiger partial charge in [-0.15, -0.1) is 0 Å². The number of aldehydes is 1. The topological polar surface area (TPSA) is 104 Å². The van der Waals surface area contributed by atoms with Crippen molar-refractivity contribution >= 4 is 31.7 Å². The van der Waals surface area contributed by atoms with Gasteiger partial charge in [-0.3, -0.25) is 14.9 Å². The number of nitrogens with zero attached hydrogens (tertiary/aromatic N) is 1. The van der Waals surface area contributed by atoms with Crippen LogP contribution in [0.2, 0.25) is 0 Å². The Bertz CT molecular complexity index is 582. The number of nitro benzene ring substituents is 1. The van der Waals surface area contributed by atoms with Crippen molar-refractivity contribution in [3.8, 4) is 5.75 Å². The van der Waals surface area contributed by atoms with E-state index in [4.69, 9.17) is 10.7 Å². The van der Waals surface area contributed by atoms with E-state index in [9.17, 15) is 23.3 Å². The van der Waals surface area contributed by atoms with E-state index in [0.717, 1.165) is 19.2 Å². The second-order valence-electron chi connectivity index (χ2n) is 2.84. The highest BCUT2D eigenvalue weighted by atomic mass is 35.7. The maximum absolute atomic E-state index is 11.1. The van der Waals surface area contributed by atoms with Gasteiger partial charge in [0.05, 0.1) is 12.0 Å². The summed E-state index contributed by atoms with van der Waals surface area (Å²) < 4.78 is 26.9. The first kappa shape index (κ1) is 13.4. The van der Waals surface area contributed by atoms with Crippen molar-refractivity contribution in [2.75, 3.05) is 7.11 Å². The average molecular weight is 280 g/mol. The zero-order valence-corrected chi connectivity index (χ0v) is 9.99. The fourth-order valence-corrected chi connectivity index (χ4v) is 2.29. The summed E-state index contributed by atoms with van der Waals surface area (Å²) in [5, 5.41) is 10.8. The molecule has 0 radical (unpaired) electrons. The quantitative estimate of drug-likeness (QED) is 0.356. The van der Waals surface area contributed by atoms with Crippen molar-refractivity contribution in [1.82, 2.24) is 0 Å². The van der Waals surface area contributed by atoms with Gasteiger partial charge in [0.2, 0.25) is 0 Å². The predicted molar refractivity (Wildman–Crippen MR) is 58.1 cm³/mol. The van der Waals surface area contributed by atoms with Gasteiger partial charge in [-0.05, 0) is 12.1 Å². The SMILES string of the molecule is COc1ccc(S(=O)(=O)Cl)c(C=O)c1[N+](=O)[O-]. The number of benzene rings is 1. The van der Waals surface area contributed by atoms with Crippen LogP contribution in [0, 0.1) is 10.1 Å². The second-order valence-corrected chi connectivity index (χ2v) is 5.38. The van der Waals surface area contributed by atoms with Gasteiger partial charge in [-0.2, -0.15) is 0 Å². The van der Waals surface area contributed by atoms with E-state index in [-0.39, 0.29) is 12.0 Å². The minimum Gasteiger partial charge on any atom is -0.490 e. The van der Waals surface area contributed by atoms with Crippen molar-refractivity contribution < 1.29 is 22.9 Å². The molecule has 0 unspecified atom stereocenters. The molecule has 0 fully saturated rings. The number of halogens is 1. The molecule has 0 bridgehead atoms. The predicted octanol–water partition coefficient (Wildman–Crippen LogP) is 1.34. The van der Waals surface area contributed by atoms with Crippen LogP contribution in [0.5, 0.6) is 5.75 Å². The van der Waals surface area contributed by atoms with Gasteiger partial charge in [0, 0.05) is 10.7 Å². The molecule has 1 aromatic carbocycles. The molecule has 0 atom stereocenters. The third kappa shape index (κ3) is 2.53. The Morgan fingerprint density at radius 2 is 2.06 bits per heavy atom. The third-order valence-electron chi connectivity index (χ3n) is 1.92. The van der Waals surface area contributed by atoms with Crippen LogP contribution in [0.1, 0.15) is 10.4 Å². The molecule has 0 N–H and O–H groups in total. The van der Waals surface area contributed by atoms with Gasteiger partial charge >= 0.3 is 5.69 Å². The Labute approximate surface area is 101 Å². The summed E-state index contributed by atoms with van der Waals surface area (Å²) >= 11 is 0. The van der Waals surface area contributed by atoms with Crippen molar-refractivity contribution in [3.63, 3.8) is 0 Å². The Balaban J connectivity index is 3.76. The van der Waals surface area contributed by atoms with Gasteiger partial charge in [-0.1, -0.05) is 0 Å². The van der Waals surface area contributed by atoms with Gasteiger partial charge in [0.15, 0.2) is 12.0 Å². The highest BCUT2D eigenvalue weighted by Gasteiger charge is 2.28. The first-order chi connectivity index (χ1) is 7.82. The minimum absolute atomic E-state index is 0.0515. The maximum Gasteiger partial charge on any atom is 0.322 e. The minimum atomic E-state index is -4.25. The molecule has 0 saturated carbocycles. The molecule has 92 valence electrons. The van der Waals surface area contributed by atoms with Crippen molar-refractivity contribution in [2.24, 2.45) is 0 Å². The Kier molecular flexibility index (Phi) is 3.69. The van der Waals surface area contributed by atoms with E-state index in [1.807, 2.05) is 0 Å². The van der Waals surface area contributed by atoms with Gasteiger partial charge in [-0.25, -0.2) is 8.42 Å². The lowest BCUT2D eigenvalue weighted by Gasteiger charge is -2.06. The standard InChI is InChI=1S/C8H6ClNO6S/c1-16-6-2-3-7(17(9,14)15)5(4-11)8(6)10(12)13/h2-4H,1H3. The molecular weight excluding hydrogens is 274 g/mol. The largest absolute Gasteiger partial charge is 0.490 e. The van der Waals surface area contributed by atoms with Gasteiger partial charge in [0.1, 0.15) is 10.5 Å². The van der Waals surface area contributed by atoms with Crippen LogP contribution in [0.25, 0.3) is 0 Å². The molecular formula is C8H6ClNO6S. The van der Waals surface area contributed by atoms with Crippen LogP contribution in [0.15, 0.2) is 17.0 Å². The Hall–Kier alpha value is -1.67. The summed E-state index contributed by atoms with van der Waals surface area (Å²) in [7, 11) is 1.98. The van der Waals surface area contributed by atoms with E-state index in [2.05, 4.69) is 4.74 Å². The highest BCUT2D eigenvalue weighted by Crippen LogP contribution is 2.35. The molecule has 0 spiro atoms. The number of ether oxygens (including phenoxy) is 1. The number of carbonyl (C=O) groups excluding carboxylic acids is 1. The van der Waals surface area contributed by atoms with Crippen LogP contribution in [0.4, 0.5) is 5.69 Å². The van der Waals surface area contributed by atoms with Crippen LogP contribution in [0.3, 0.4) is 0 Å². The fraction of sp³-hybridized carbons (Fsp3) is 0.125. The zero-order valence-electron chi connectivity index (χ0n) is 8.41. The van der Waals surface area contributed by atoms with Crippen molar-refractivity contribution in [3.05, 3.63) is 27.8 Å². The molecule has 17 heavy (non-hydrogen) atoms. The number of carbonyl (C=O) groups is 1. The van der Waals surface area contributed by atoms with E-state index < -0.39 is 30.1 Å². The molecule has 0 aliphatic rings. The Morgan fingerprint density at radius 3 is 2.41 bits per heavy atom. The molecule has 0 aromatic heterocycles. The monoisotopic (exact) mass is 279 g/mol. The molecule has 0 heterocycles. The summed E-state index contributed by atoms with van der Waals surface area (Å²) in [5.74, 6) is -0.221. The summed E-state index contributed by atoms with van der Waals surface area (Å²) in [4.78, 5) is 20.0. The van der Waals surface area contributed by atoms with Crippen LogP contribution < -0.4 is 4.74 Å². The molecule has 0 amide bonds. The van der Waals surface area contributed by atoms with Gasteiger partial charge < -0.3 is 4.74 Å². The number of methoxy groups -OCH3 is 1. The summed E-state index contributed by atoms with van der Waals surface area (Å²) in [5.41, 5.74) is -1.37. The molecule has 0 aliphatic carbocycles. The van der Waals surface area contributed by atoms with E-state index in [1.165, 1.54) is 0 Å². The third-order valence-corrected chi connectivity index (χ3v) is 3.30. The second kappa shape index (κ2) is 4.68. The lowest BCUT2D eigenvalue weighted by atomic mass is 10.2. The number of hydrogen-bond acceptors (Lipinski definition) is 6. The van der Waals surface area contributed by atoms with E-state index >= 15 is 0 Å². The fourth-order valence-electron chi connectivity index (χ4n) is 1.25. The lowest BCUT2D eigenvalue weighted by Crippen LogP contribution is -2.04. The molecule has 0 saturated heterocycles. The normalized spacial score (nSPS) is 10.9. The number of rotatable bonds is 4. The summed E-state index contributed by atoms with van der Waals surface area (Å²) in [6.07, 6.45) is 0.0515. The molecule has 1 rings (SSSR count). The Morgan fingerprint density at radius 1 is 1.47 bits per heavy atom. The summed E-state index contributed by atoms with van der Waals surface area (Å²) in [6.45, 7) is 0. The molecule has 1 aromatic rings. The molecule has 7 nitrogen and oxygen atoms in total. The summed E-state index contributed by atoms with van der Waals surface area (Å²) in [6, 6.07) is 2.03. The van der Waals surface area contributed by atoms with Crippen LogP contribution >= 0.6 is 10.7 Å². The average Bonchev–Trinajstić information content (AvgIpc) is 2.25. The van der Waals surface area contributed by atoms with Gasteiger partial charge in [0.25, 0.3) is 9.05 Å². The number of nitro groups is 1. The lowest BCUT2D eigenvalue weighted by molar-refractivity contribution is -0.386. The van der Waals surface area contributed by atoms with Crippen LogP contribution in [-0.4, -0.2) is 26.7 Å². The zero-order chi connectivity index (χ0) is 13.2.